The standard InChI is InChI=1S/C16H16N2O4/c1-9-3-11(7-13(19)5-9)17-15(21)16(22)18-12-4-10(2)6-14(20)8-12/h3-8,19-20H,1-2H3,(H,17,21)(H,18,22). The van der Waals surface area contributed by atoms with Crippen LogP contribution in [0, 0.1) is 13.8 Å². The van der Waals surface area contributed by atoms with E-state index in [1.165, 1.54) is 24.3 Å². The Hall–Kier alpha value is -3.02. The molecule has 6 heteroatoms. The molecule has 2 amide bonds. The molecule has 0 aliphatic heterocycles. The van der Waals surface area contributed by atoms with Crippen molar-refractivity contribution >= 4 is 23.2 Å². The molecule has 6 nitrogen and oxygen atoms in total. The van der Waals surface area contributed by atoms with Crippen LogP contribution in [0.2, 0.25) is 0 Å². The highest BCUT2D eigenvalue weighted by atomic mass is 16.3. The molecular weight excluding hydrogens is 284 g/mol. The first-order valence-electron chi connectivity index (χ1n) is 6.57. The fraction of sp³-hybridized carbons (Fsp3) is 0.125. The molecule has 0 radical (unpaired) electrons. The molecule has 0 aromatic heterocycles. The van der Waals surface area contributed by atoms with Crippen LogP contribution in [0.15, 0.2) is 36.4 Å². The molecule has 0 heterocycles. The van der Waals surface area contributed by atoms with Crippen LogP contribution in [-0.2, 0) is 9.59 Å². The van der Waals surface area contributed by atoms with Gasteiger partial charge in [0, 0.05) is 23.5 Å². The second-order valence-electron chi connectivity index (χ2n) is 5.02. The largest absolute Gasteiger partial charge is 0.508 e. The number of nitrogens with one attached hydrogen (secondary N) is 2. The number of hydrogen-bond donors (Lipinski definition) is 4. The summed E-state index contributed by atoms with van der Waals surface area (Å²) in [7, 11) is 0. The predicted octanol–water partition coefficient (Wildman–Crippen LogP) is 2.29. The van der Waals surface area contributed by atoms with Crippen molar-refractivity contribution in [1.29, 1.82) is 0 Å². The van der Waals surface area contributed by atoms with Gasteiger partial charge in [-0.3, -0.25) is 9.59 Å². The molecule has 114 valence electrons. The Kier molecular flexibility index (Phi) is 4.31. The summed E-state index contributed by atoms with van der Waals surface area (Å²) < 4.78 is 0. The van der Waals surface area contributed by atoms with E-state index in [4.69, 9.17) is 0 Å². The lowest BCUT2D eigenvalue weighted by Gasteiger charge is -2.08. The number of anilines is 2. The SMILES string of the molecule is Cc1cc(O)cc(NC(=O)C(=O)Nc2cc(C)cc(O)c2)c1. The summed E-state index contributed by atoms with van der Waals surface area (Å²) in [4.78, 5) is 23.7. The second kappa shape index (κ2) is 6.17. The van der Waals surface area contributed by atoms with Gasteiger partial charge >= 0.3 is 11.8 Å². The molecule has 0 bridgehead atoms. The molecule has 0 spiro atoms. The van der Waals surface area contributed by atoms with E-state index in [9.17, 15) is 19.8 Å². The van der Waals surface area contributed by atoms with E-state index >= 15 is 0 Å². The van der Waals surface area contributed by atoms with Gasteiger partial charge in [0.15, 0.2) is 0 Å². The van der Waals surface area contributed by atoms with Crippen LogP contribution in [0.4, 0.5) is 11.4 Å². The Morgan fingerprint density at radius 3 is 1.41 bits per heavy atom. The third kappa shape index (κ3) is 3.99. The van der Waals surface area contributed by atoms with Crippen molar-refractivity contribution < 1.29 is 19.8 Å². The number of carbonyl (C=O) groups is 2. The first-order valence-corrected chi connectivity index (χ1v) is 6.57. The van der Waals surface area contributed by atoms with Crippen LogP contribution in [0.3, 0.4) is 0 Å². The summed E-state index contributed by atoms with van der Waals surface area (Å²) in [5.41, 5.74) is 2.15. The van der Waals surface area contributed by atoms with Crippen molar-refractivity contribution in [2.75, 3.05) is 10.6 Å². The van der Waals surface area contributed by atoms with E-state index in [-0.39, 0.29) is 11.5 Å². The van der Waals surface area contributed by atoms with Gasteiger partial charge in [0.2, 0.25) is 0 Å². The lowest BCUT2D eigenvalue weighted by atomic mass is 10.2. The third-order valence-corrected chi connectivity index (χ3v) is 2.85. The van der Waals surface area contributed by atoms with Gasteiger partial charge in [0.1, 0.15) is 11.5 Å². The Balaban J connectivity index is 2.07. The van der Waals surface area contributed by atoms with Gasteiger partial charge in [0.25, 0.3) is 0 Å². The molecule has 22 heavy (non-hydrogen) atoms. The van der Waals surface area contributed by atoms with E-state index in [2.05, 4.69) is 10.6 Å². The van der Waals surface area contributed by atoms with E-state index in [0.717, 1.165) is 11.1 Å². The van der Waals surface area contributed by atoms with Crippen LogP contribution in [0.25, 0.3) is 0 Å². The molecule has 0 saturated carbocycles. The first kappa shape index (κ1) is 15.4. The number of rotatable bonds is 2. The lowest BCUT2D eigenvalue weighted by molar-refractivity contribution is -0.133. The van der Waals surface area contributed by atoms with Gasteiger partial charge in [-0.1, -0.05) is 0 Å². The molecule has 2 aromatic carbocycles. The number of phenols is 2. The molecule has 0 aliphatic rings. The summed E-state index contributed by atoms with van der Waals surface area (Å²) in [6.07, 6.45) is 0. The van der Waals surface area contributed by atoms with Crippen molar-refractivity contribution in [3.05, 3.63) is 47.5 Å². The van der Waals surface area contributed by atoms with Gasteiger partial charge in [0.05, 0.1) is 0 Å². The zero-order valence-corrected chi connectivity index (χ0v) is 12.2. The highest BCUT2D eigenvalue weighted by Crippen LogP contribution is 2.20. The van der Waals surface area contributed by atoms with Crippen molar-refractivity contribution in [2.45, 2.75) is 13.8 Å². The quantitative estimate of drug-likeness (QED) is 0.639. The van der Waals surface area contributed by atoms with Crippen molar-refractivity contribution in [3.63, 3.8) is 0 Å². The number of carbonyl (C=O) groups excluding carboxylic acids is 2. The van der Waals surface area contributed by atoms with Crippen LogP contribution < -0.4 is 10.6 Å². The maximum absolute atomic E-state index is 11.8. The van der Waals surface area contributed by atoms with Crippen LogP contribution in [-0.4, -0.2) is 22.0 Å². The monoisotopic (exact) mass is 300 g/mol. The summed E-state index contributed by atoms with van der Waals surface area (Å²) in [6, 6.07) is 9.01. The average molecular weight is 300 g/mol. The highest BCUT2D eigenvalue weighted by Gasteiger charge is 2.15. The maximum atomic E-state index is 11.8. The van der Waals surface area contributed by atoms with Crippen LogP contribution >= 0.6 is 0 Å². The van der Waals surface area contributed by atoms with Gasteiger partial charge in [-0.15, -0.1) is 0 Å². The zero-order chi connectivity index (χ0) is 16.3. The molecular formula is C16H16N2O4. The Morgan fingerprint density at radius 1 is 0.727 bits per heavy atom. The molecule has 0 aliphatic carbocycles. The molecule has 4 N–H and O–H groups in total. The fourth-order valence-electron chi connectivity index (χ4n) is 2.05. The minimum Gasteiger partial charge on any atom is -0.508 e. The predicted molar refractivity (Wildman–Crippen MR) is 82.9 cm³/mol. The van der Waals surface area contributed by atoms with E-state index in [1.54, 1.807) is 26.0 Å². The van der Waals surface area contributed by atoms with E-state index in [0.29, 0.717) is 11.4 Å². The van der Waals surface area contributed by atoms with Crippen molar-refractivity contribution in [1.82, 2.24) is 0 Å². The minimum absolute atomic E-state index is 0.000635. The molecule has 0 fully saturated rings. The van der Waals surface area contributed by atoms with Gasteiger partial charge in [-0.2, -0.15) is 0 Å². The molecule has 0 atom stereocenters. The topological polar surface area (TPSA) is 98.7 Å². The Bertz CT molecular complexity index is 637. The number of phenolic OH excluding ortho intramolecular Hbond substituents is 2. The van der Waals surface area contributed by atoms with Crippen molar-refractivity contribution in [3.8, 4) is 11.5 Å². The van der Waals surface area contributed by atoms with Gasteiger partial charge in [-0.25, -0.2) is 0 Å². The molecule has 2 rings (SSSR count). The number of aryl methyl sites for hydroxylation is 2. The van der Waals surface area contributed by atoms with Crippen molar-refractivity contribution in [2.24, 2.45) is 0 Å². The number of benzene rings is 2. The smallest absolute Gasteiger partial charge is 0.314 e. The summed E-state index contributed by atoms with van der Waals surface area (Å²) in [5.74, 6) is -1.74. The average Bonchev–Trinajstić information content (AvgIpc) is 2.35. The first-order chi connectivity index (χ1) is 10.3. The van der Waals surface area contributed by atoms with Crippen LogP contribution in [0.1, 0.15) is 11.1 Å². The lowest BCUT2D eigenvalue weighted by Crippen LogP contribution is -2.29. The van der Waals surface area contributed by atoms with Crippen LogP contribution in [0.5, 0.6) is 11.5 Å². The van der Waals surface area contributed by atoms with Gasteiger partial charge in [-0.05, 0) is 49.2 Å². The minimum atomic E-state index is -0.869. The normalized spacial score (nSPS) is 10.1. The summed E-state index contributed by atoms with van der Waals surface area (Å²) in [5, 5.41) is 23.7. The molecule has 0 unspecified atom stereocenters. The van der Waals surface area contributed by atoms with E-state index in [1.807, 2.05) is 0 Å². The summed E-state index contributed by atoms with van der Waals surface area (Å²) in [6.45, 7) is 3.51. The maximum Gasteiger partial charge on any atom is 0.314 e. The van der Waals surface area contributed by atoms with E-state index < -0.39 is 11.8 Å². The second-order valence-corrected chi connectivity index (χ2v) is 5.02. The number of amides is 2. The Labute approximate surface area is 127 Å². The van der Waals surface area contributed by atoms with Gasteiger partial charge < -0.3 is 20.8 Å². The highest BCUT2D eigenvalue weighted by molar-refractivity contribution is 6.43. The summed E-state index contributed by atoms with van der Waals surface area (Å²) >= 11 is 0. The third-order valence-electron chi connectivity index (χ3n) is 2.85. The molecule has 0 saturated heterocycles. The molecule has 2 aromatic rings. The fourth-order valence-corrected chi connectivity index (χ4v) is 2.05. The number of hydrogen-bond acceptors (Lipinski definition) is 4. The number of aromatic hydroxyl groups is 2. The zero-order valence-electron chi connectivity index (χ0n) is 12.2. The Morgan fingerprint density at radius 2 is 1.09 bits per heavy atom.